The molecule has 1 aliphatic rings. The largest absolute Gasteiger partial charge is 0.494 e. The molecular weight excluding hydrogens is 543 g/mol. The van der Waals surface area contributed by atoms with E-state index in [2.05, 4.69) is 15.6 Å². The van der Waals surface area contributed by atoms with E-state index in [1.165, 1.54) is 25.7 Å². The monoisotopic (exact) mass is 584 g/mol. The minimum Gasteiger partial charge on any atom is -0.494 e. The van der Waals surface area contributed by atoms with Gasteiger partial charge < -0.3 is 25.3 Å². The van der Waals surface area contributed by atoms with E-state index in [0.717, 1.165) is 25.7 Å². The Morgan fingerprint density at radius 2 is 1.74 bits per heavy atom. The molecule has 1 fully saturated rings. The Morgan fingerprint density at radius 1 is 1.02 bits per heavy atom. The average Bonchev–Trinajstić information content (AvgIpc) is 2.97. The SMILES string of the molecule is CCOC(=O)c1ccc(CC(=O)NC(N)=N[C@H](CC2CCCCC2)C(=O)NCc2ccc(F)c(OC)c2)cc1OCC. The van der Waals surface area contributed by atoms with Gasteiger partial charge >= 0.3 is 5.97 Å². The molecule has 0 radical (unpaired) electrons. The number of nitrogens with one attached hydrogen (secondary N) is 2. The van der Waals surface area contributed by atoms with Crippen molar-refractivity contribution in [2.45, 2.75) is 71.4 Å². The molecule has 0 bridgehead atoms. The number of halogens is 1. The molecule has 0 saturated heterocycles. The molecule has 2 aromatic rings. The minimum atomic E-state index is -0.802. The maximum Gasteiger partial charge on any atom is 0.341 e. The standard InChI is InChI=1S/C31H41FN4O6/c1-4-41-26-16-21(11-13-23(26)30(39)42-5-2)18-28(37)36-31(33)35-25(15-20-9-7-6-8-10-20)29(38)34-19-22-12-14-24(32)27(17-22)40-3/h11-14,16-17,20,25H,4-10,15,18-19H2,1-3H3,(H,34,38)(H3,33,35,36,37)/t25-/m1/s1. The van der Waals surface area contributed by atoms with Crippen LogP contribution >= 0.6 is 0 Å². The highest BCUT2D eigenvalue weighted by atomic mass is 19.1. The molecule has 3 rings (SSSR count). The van der Waals surface area contributed by atoms with Gasteiger partial charge in [0.05, 0.1) is 26.7 Å². The quantitative estimate of drug-likeness (QED) is 0.183. The molecule has 0 aromatic heterocycles. The minimum absolute atomic E-state index is 0.0503. The van der Waals surface area contributed by atoms with E-state index in [0.29, 0.717) is 35.8 Å². The number of benzene rings is 2. The second-order valence-corrected chi connectivity index (χ2v) is 10.2. The fourth-order valence-electron chi connectivity index (χ4n) is 4.98. The number of guanidine groups is 1. The van der Waals surface area contributed by atoms with E-state index in [9.17, 15) is 18.8 Å². The lowest BCUT2D eigenvalue weighted by molar-refractivity contribution is -0.123. The molecule has 0 unspecified atom stereocenters. The van der Waals surface area contributed by atoms with Gasteiger partial charge in [0, 0.05) is 6.54 Å². The highest BCUT2D eigenvalue weighted by molar-refractivity contribution is 5.98. The Morgan fingerprint density at radius 3 is 2.43 bits per heavy atom. The van der Waals surface area contributed by atoms with E-state index in [1.807, 2.05) is 0 Å². The Kier molecular flexibility index (Phi) is 12.6. The van der Waals surface area contributed by atoms with Crippen LogP contribution in [0.1, 0.15) is 73.9 Å². The summed E-state index contributed by atoms with van der Waals surface area (Å²) < 4.78 is 29.4. The lowest BCUT2D eigenvalue weighted by atomic mass is 9.84. The molecule has 228 valence electrons. The molecule has 2 aromatic carbocycles. The summed E-state index contributed by atoms with van der Waals surface area (Å²) in [7, 11) is 1.38. The summed E-state index contributed by atoms with van der Waals surface area (Å²) in [5.41, 5.74) is 7.65. The molecular formula is C31H41FN4O6. The van der Waals surface area contributed by atoms with Crippen molar-refractivity contribution < 1.29 is 33.0 Å². The van der Waals surface area contributed by atoms with Crippen LogP contribution in [0.3, 0.4) is 0 Å². The van der Waals surface area contributed by atoms with Gasteiger partial charge in [0.2, 0.25) is 11.8 Å². The zero-order valence-electron chi connectivity index (χ0n) is 24.5. The van der Waals surface area contributed by atoms with E-state index in [1.54, 1.807) is 38.1 Å². The van der Waals surface area contributed by atoms with E-state index in [4.69, 9.17) is 19.9 Å². The summed E-state index contributed by atoms with van der Waals surface area (Å²) in [6.07, 6.45) is 5.84. The predicted octanol–water partition coefficient (Wildman–Crippen LogP) is 4.04. The van der Waals surface area contributed by atoms with Crippen LogP contribution in [0.4, 0.5) is 4.39 Å². The van der Waals surface area contributed by atoms with Crippen molar-refractivity contribution in [2.24, 2.45) is 16.6 Å². The number of carbonyl (C=O) groups is 3. The summed E-state index contributed by atoms with van der Waals surface area (Å²) in [4.78, 5) is 42.6. The van der Waals surface area contributed by atoms with Gasteiger partial charge in [0.25, 0.3) is 0 Å². The second-order valence-electron chi connectivity index (χ2n) is 10.2. The van der Waals surface area contributed by atoms with Gasteiger partial charge in [0.15, 0.2) is 17.5 Å². The highest BCUT2D eigenvalue weighted by Crippen LogP contribution is 2.28. The van der Waals surface area contributed by atoms with Gasteiger partial charge in [-0.2, -0.15) is 0 Å². The molecule has 1 aliphatic carbocycles. The summed E-state index contributed by atoms with van der Waals surface area (Å²) in [5, 5.41) is 5.43. The van der Waals surface area contributed by atoms with Gasteiger partial charge in [-0.05, 0) is 61.6 Å². The first-order valence-corrected chi connectivity index (χ1v) is 14.4. The molecule has 1 atom stereocenters. The maximum atomic E-state index is 13.8. The van der Waals surface area contributed by atoms with Gasteiger partial charge in [-0.15, -0.1) is 0 Å². The summed E-state index contributed by atoms with van der Waals surface area (Å²) in [5.74, 6) is -1.18. The summed E-state index contributed by atoms with van der Waals surface area (Å²) in [6, 6.07) is 8.40. The third-order valence-electron chi connectivity index (χ3n) is 7.03. The molecule has 4 N–H and O–H groups in total. The van der Waals surface area contributed by atoms with Crippen LogP contribution in [0, 0.1) is 11.7 Å². The first kappa shape index (κ1) is 32.4. The third kappa shape index (κ3) is 9.74. The summed E-state index contributed by atoms with van der Waals surface area (Å²) >= 11 is 0. The molecule has 10 nitrogen and oxygen atoms in total. The number of nitrogens with two attached hydrogens (primary N) is 1. The molecule has 42 heavy (non-hydrogen) atoms. The van der Waals surface area contributed by atoms with Crippen LogP contribution < -0.4 is 25.8 Å². The number of aliphatic imine (C=N–C) groups is 1. The lowest BCUT2D eigenvalue weighted by Crippen LogP contribution is -2.42. The zero-order valence-corrected chi connectivity index (χ0v) is 24.5. The fourth-order valence-corrected chi connectivity index (χ4v) is 4.98. The number of hydrogen-bond donors (Lipinski definition) is 3. The average molecular weight is 585 g/mol. The number of ether oxygens (including phenoxy) is 3. The van der Waals surface area contributed by atoms with Crippen molar-refractivity contribution in [3.05, 3.63) is 58.9 Å². The van der Waals surface area contributed by atoms with Crippen LogP contribution in [0.25, 0.3) is 0 Å². The molecule has 0 aliphatic heterocycles. The summed E-state index contributed by atoms with van der Waals surface area (Å²) in [6.45, 7) is 4.23. The van der Waals surface area contributed by atoms with Crippen molar-refractivity contribution in [3.8, 4) is 11.5 Å². The van der Waals surface area contributed by atoms with Gasteiger partial charge in [-0.25, -0.2) is 14.2 Å². The number of hydrogen-bond acceptors (Lipinski definition) is 7. The predicted molar refractivity (Wildman–Crippen MR) is 157 cm³/mol. The van der Waals surface area contributed by atoms with Crippen molar-refractivity contribution in [1.82, 2.24) is 10.6 Å². The first-order valence-electron chi connectivity index (χ1n) is 14.4. The normalized spacial score (nSPS) is 14.5. The topological polar surface area (TPSA) is 141 Å². The van der Waals surface area contributed by atoms with E-state index < -0.39 is 23.7 Å². The Hall–Kier alpha value is -4.15. The zero-order chi connectivity index (χ0) is 30.5. The van der Waals surface area contributed by atoms with Crippen LogP contribution in [0.15, 0.2) is 41.4 Å². The molecule has 11 heteroatoms. The third-order valence-corrected chi connectivity index (χ3v) is 7.03. The number of nitrogens with zero attached hydrogens (tertiary/aromatic N) is 1. The van der Waals surface area contributed by atoms with Crippen molar-refractivity contribution in [2.75, 3.05) is 20.3 Å². The smallest absolute Gasteiger partial charge is 0.341 e. The second kappa shape index (κ2) is 16.3. The molecule has 0 heterocycles. The van der Waals surface area contributed by atoms with Crippen molar-refractivity contribution >= 4 is 23.7 Å². The van der Waals surface area contributed by atoms with Gasteiger partial charge in [-0.1, -0.05) is 44.2 Å². The van der Waals surface area contributed by atoms with Crippen LogP contribution in [0.2, 0.25) is 0 Å². The number of amides is 2. The highest BCUT2D eigenvalue weighted by Gasteiger charge is 2.25. The van der Waals surface area contributed by atoms with E-state index in [-0.39, 0.29) is 42.8 Å². The van der Waals surface area contributed by atoms with Gasteiger partial charge in [-0.3, -0.25) is 14.9 Å². The van der Waals surface area contributed by atoms with Crippen LogP contribution in [-0.4, -0.2) is 50.1 Å². The number of esters is 1. The Bertz CT molecular complexity index is 1260. The van der Waals surface area contributed by atoms with Gasteiger partial charge in [0.1, 0.15) is 17.4 Å². The molecule has 1 saturated carbocycles. The molecule has 2 amide bonds. The Labute approximate surface area is 246 Å². The molecule has 0 spiro atoms. The maximum absolute atomic E-state index is 13.8. The number of carbonyl (C=O) groups excluding carboxylic acids is 3. The first-order chi connectivity index (χ1) is 20.2. The van der Waals surface area contributed by atoms with Crippen molar-refractivity contribution in [1.29, 1.82) is 0 Å². The number of methoxy groups -OCH3 is 1. The lowest BCUT2D eigenvalue weighted by Gasteiger charge is -2.24. The van der Waals surface area contributed by atoms with Crippen molar-refractivity contribution in [3.63, 3.8) is 0 Å². The Balaban J connectivity index is 1.68. The van der Waals surface area contributed by atoms with Crippen LogP contribution in [0.5, 0.6) is 11.5 Å². The fraction of sp³-hybridized carbons (Fsp3) is 0.484. The number of rotatable bonds is 13. The van der Waals surface area contributed by atoms with E-state index >= 15 is 0 Å². The van der Waals surface area contributed by atoms with Crippen LogP contribution in [-0.2, 0) is 27.3 Å².